The molecule has 5 heteroatoms. The molecular formula is C13H28N2O2S. The van der Waals surface area contributed by atoms with Gasteiger partial charge in [-0.05, 0) is 45.6 Å². The topological polar surface area (TPSA) is 63.4 Å². The first-order chi connectivity index (χ1) is 8.48. The van der Waals surface area contributed by atoms with Gasteiger partial charge in [-0.25, -0.2) is 12.7 Å². The lowest BCUT2D eigenvalue weighted by Crippen LogP contribution is -2.41. The second-order valence-corrected chi connectivity index (χ2v) is 8.06. The van der Waals surface area contributed by atoms with Crippen molar-refractivity contribution in [3.63, 3.8) is 0 Å². The quantitative estimate of drug-likeness (QED) is 0.723. The molecule has 108 valence electrons. The molecule has 0 aliphatic carbocycles. The molecule has 0 spiro atoms. The Morgan fingerprint density at radius 1 is 1.17 bits per heavy atom. The Balaban J connectivity index is 2.29. The highest BCUT2D eigenvalue weighted by Gasteiger charge is 2.29. The average Bonchev–Trinajstić information content (AvgIpc) is 2.35. The summed E-state index contributed by atoms with van der Waals surface area (Å²) < 4.78 is 25.7. The van der Waals surface area contributed by atoms with Crippen LogP contribution in [0, 0.1) is 5.92 Å². The second-order valence-electron chi connectivity index (χ2n) is 5.57. The maximum atomic E-state index is 12.0. The van der Waals surface area contributed by atoms with Crippen LogP contribution in [0.25, 0.3) is 0 Å². The summed E-state index contributed by atoms with van der Waals surface area (Å²) in [6.45, 7) is 5.72. The van der Waals surface area contributed by atoms with E-state index < -0.39 is 10.0 Å². The molecule has 0 aromatic carbocycles. The van der Waals surface area contributed by atoms with Crippen LogP contribution in [0.2, 0.25) is 0 Å². The zero-order valence-electron chi connectivity index (χ0n) is 11.8. The molecule has 18 heavy (non-hydrogen) atoms. The Labute approximate surface area is 112 Å². The number of hydrogen-bond donors (Lipinski definition) is 1. The molecule has 1 heterocycles. The monoisotopic (exact) mass is 276 g/mol. The van der Waals surface area contributed by atoms with E-state index in [9.17, 15) is 8.42 Å². The lowest BCUT2D eigenvalue weighted by atomic mass is 9.92. The van der Waals surface area contributed by atoms with Gasteiger partial charge < -0.3 is 5.73 Å². The molecule has 4 nitrogen and oxygen atoms in total. The van der Waals surface area contributed by atoms with Crippen molar-refractivity contribution in [3.05, 3.63) is 0 Å². The molecule has 1 aliphatic heterocycles. The highest BCUT2D eigenvalue weighted by Crippen LogP contribution is 2.25. The van der Waals surface area contributed by atoms with Crippen LogP contribution >= 0.6 is 0 Å². The van der Waals surface area contributed by atoms with Crippen LogP contribution in [0.1, 0.15) is 52.4 Å². The highest BCUT2D eigenvalue weighted by atomic mass is 32.2. The van der Waals surface area contributed by atoms with Gasteiger partial charge >= 0.3 is 0 Å². The molecule has 0 aromatic rings. The Kier molecular flexibility index (Phi) is 6.60. The van der Waals surface area contributed by atoms with Gasteiger partial charge in [0, 0.05) is 13.1 Å². The van der Waals surface area contributed by atoms with E-state index in [-0.39, 0.29) is 5.25 Å². The predicted octanol–water partition coefficient (Wildman–Crippen LogP) is 1.96. The van der Waals surface area contributed by atoms with Crippen molar-refractivity contribution in [1.82, 2.24) is 4.31 Å². The van der Waals surface area contributed by atoms with E-state index in [4.69, 9.17) is 5.73 Å². The minimum Gasteiger partial charge on any atom is -0.330 e. The molecule has 0 saturated carbocycles. The second kappa shape index (κ2) is 7.46. The maximum absolute atomic E-state index is 12.0. The summed E-state index contributed by atoms with van der Waals surface area (Å²) in [6.07, 6.45) is 6.83. The molecule has 0 atom stereocenters. The number of nitrogens with two attached hydrogens (primary N) is 1. The standard InChI is InChI=1S/C13H28N2O2S/c1-12(2)18(16,17)15-10-7-13(8-11-15)6-4-3-5-9-14/h12-13H,3-11,14H2,1-2H3. The fourth-order valence-corrected chi connectivity index (χ4v) is 3.82. The van der Waals surface area contributed by atoms with Crippen LogP contribution in [0.4, 0.5) is 0 Å². The Hall–Kier alpha value is -0.130. The van der Waals surface area contributed by atoms with Crippen molar-refractivity contribution in [2.45, 2.75) is 57.6 Å². The molecule has 1 saturated heterocycles. The summed E-state index contributed by atoms with van der Waals surface area (Å²) in [5.41, 5.74) is 5.47. The van der Waals surface area contributed by atoms with E-state index >= 15 is 0 Å². The van der Waals surface area contributed by atoms with Crippen molar-refractivity contribution in [1.29, 1.82) is 0 Å². The number of hydrogen-bond acceptors (Lipinski definition) is 3. The van der Waals surface area contributed by atoms with Gasteiger partial charge in [0.15, 0.2) is 0 Å². The smallest absolute Gasteiger partial charge is 0.216 e. The molecule has 0 aromatic heterocycles. The van der Waals surface area contributed by atoms with E-state index in [1.807, 2.05) is 0 Å². The molecule has 0 amide bonds. The number of nitrogens with zero attached hydrogens (tertiary/aromatic N) is 1. The van der Waals surface area contributed by atoms with Crippen LogP contribution in [-0.2, 0) is 10.0 Å². The summed E-state index contributed by atoms with van der Waals surface area (Å²) in [7, 11) is -3.04. The molecule has 1 aliphatic rings. The van der Waals surface area contributed by atoms with Crippen LogP contribution in [0.15, 0.2) is 0 Å². The molecule has 2 N–H and O–H groups in total. The van der Waals surface area contributed by atoms with E-state index in [1.54, 1.807) is 18.2 Å². The first-order valence-electron chi connectivity index (χ1n) is 7.17. The first-order valence-corrected chi connectivity index (χ1v) is 8.67. The average molecular weight is 276 g/mol. The van der Waals surface area contributed by atoms with Gasteiger partial charge in [0.05, 0.1) is 5.25 Å². The predicted molar refractivity (Wildman–Crippen MR) is 75.9 cm³/mol. The van der Waals surface area contributed by atoms with Gasteiger partial charge in [0.25, 0.3) is 0 Å². The summed E-state index contributed by atoms with van der Waals surface area (Å²) >= 11 is 0. The Morgan fingerprint density at radius 2 is 1.78 bits per heavy atom. The van der Waals surface area contributed by atoms with Crippen LogP contribution in [0.3, 0.4) is 0 Å². The van der Waals surface area contributed by atoms with Gasteiger partial charge in [-0.2, -0.15) is 0 Å². The van der Waals surface area contributed by atoms with Gasteiger partial charge in [-0.3, -0.25) is 0 Å². The largest absolute Gasteiger partial charge is 0.330 e. The van der Waals surface area contributed by atoms with Gasteiger partial charge in [0.2, 0.25) is 10.0 Å². The highest BCUT2D eigenvalue weighted by molar-refractivity contribution is 7.89. The van der Waals surface area contributed by atoms with Gasteiger partial charge in [-0.15, -0.1) is 0 Å². The summed E-state index contributed by atoms with van der Waals surface area (Å²) in [6, 6.07) is 0. The number of piperidine rings is 1. The lowest BCUT2D eigenvalue weighted by Gasteiger charge is -2.32. The molecule has 0 unspecified atom stereocenters. The summed E-state index contributed by atoms with van der Waals surface area (Å²) in [4.78, 5) is 0. The normalized spacial score (nSPS) is 19.6. The lowest BCUT2D eigenvalue weighted by molar-refractivity contribution is 0.257. The number of rotatable bonds is 7. The fraction of sp³-hybridized carbons (Fsp3) is 1.00. The fourth-order valence-electron chi connectivity index (χ4n) is 2.50. The Morgan fingerprint density at radius 3 is 2.28 bits per heavy atom. The summed E-state index contributed by atoms with van der Waals surface area (Å²) in [5.74, 6) is 0.710. The van der Waals surface area contributed by atoms with E-state index in [0.29, 0.717) is 19.0 Å². The van der Waals surface area contributed by atoms with Crippen molar-refractivity contribution in [3.8, 4) is 0 Å². The van der Waals surface area contributed by atoms with E-state index in [0.717, 1.165) is 25.8 Å². The molecule has 0 radical (unpaired) electrons. The third-order valence-electron chi connectivity index (χ3n) is 3.85. The SMILES string of the molecule is CC(C)S(=O)(=O)N1CCC(CCCCCN)CC1. The maximum Gasteiger partial charge on any atom is 0.216 e. The Bertz CT molecular complexity index is 320. The van der Waals surface area contributed by atoms with E-state index in [2.05, 4.69) is 0 Å². The third kappa shape index (κ3) is 4.52. The minimum absolute atomic E-state index is 0.293. The molecule has 0 bridgehead atoms. The molecule has 1 rings (SSSR count). The van der Waals surface area contributed by atoms with Crippen molar-refractivity contribution >= 4 is 10.0 Å². The van der Waals surface area contributed by atoms with Crippen molar-refractivity contribution in [2.75, 3.05) is 19.6 Å². The first kappa shape index (κ1) is 15.9. The minimum atomic E-state index is -3.04. The zero-order valence-corrected chi connectivity index (χ0v) is 12.6. The zero-order chi connectivity index (χ0) is 13.6. The van der Waals surface area contributed by atoms with Crippen LogP contribution in [-0.4, -0.2) is 37.6 Å². The molecular weight excluding hydrogens is 248 g/mol. The summed E-state index contributed by atoms with van der Waals surface area (Å²) in [5, 5.41) is -0.293. The number of sulfonamides is 1. The van der Waals surface area contributed by atoms with Crippen molar-refractivity contribution < 1.29 is 8.42 Å². The van der Waals surface area contributed by atoms with Crippen LogP contribution in [0.5, 0.6) is 0 Å². The third-order valence-corrected chi connectivity index (χ3v) is 6.12. The van der Waals surface area contributed by atoms with Gasteiger partial charge in [0.1, 0.15) is 0 Å². The molecule has 1 fully saturated rings. The number of unbranched alkanes of at least 4 members (excludes halogenated alkanes) is 2. The van der Waals surface area contributed by atoms with Crippen molar-refractivity contribution in [2.24, 2.45) is 11.7 Å². The van der Waals surface area contributed by atoms with Gasteiger partial charge in [-0.1, -0.05) is 19.3 Å². The van der Waals surface area contributed by atoms with Crippen LogP contribution < -0.4 is 5.73 Å². The van der Waals surface area contributed by atoms with E-state index in [1.165, 1.54) is 19.3 Å².